The Bertz CT molecular complexity index is 1210. The number of aryl methyl sites for hydroxylation is 1. The van der Waals surface area contributed by atoms with Gasteiger partial charge in [0.05, 0.1) is 28.6 Å². The number of nitrogens with zero attached hydrogens (tertiary/aromatic N) is 4. The Balaban J connectivity index is 0.00000128. The molecule has 0 saturated heterocycles. The van der Waals surface area contributed by atoms with Crippen LogP contribution in [-0.4, -0.2) is 30.4 Å². The van der Waals surface area contributed by atoms with E-state index in [4.69, 9.17) is 10.1 Å². The first-order valence-electron chi connectivity index (χ1n) is 10.0. The van der Waals surface area contributed by atoms with Crippen molar-refractivity contribution in [3.05, 3.63) is 64.8 Å². The molecule has 5 rings (SSSR count). The summed E-state index contributed by atoms with van der Waals surface area (Å²) in [6.07, 6.45) is 3.79. The lowest BCUT2D eigenvalue weighted by atomic mass is 10.3. The highest BCUT2D eigenvalue weighted by Gasteiger charge is 2.29. The van der Waals surface area contributed by atoms with E-state index in [1.54, 1.807) is 0 Å². The fraction of sp³-hybridized carbons (Fsp3) is 0.364. The molecule has 30 heavy (non-hydrogen) atoms. The lowest BCUT2D eigenvalue weighted by Crippen LogP contribution is -2.25. The maximum Gasteiger partial charge on any atom is 0.329 e. The van der Waals surface area contributed by atoms with Crippen LogP contribution in [0.1, 0.15) is 37.5 Å². The van der Waals surface area contributed by atoms with Gasteiger partial charge in [0.2, 0.25) is 0 Å². The van der Waals surface area contributed by atoms with Crippen LogP contribution < -0.4 is 5.69 Å². The Kier molecular flexibility index (Phi) is 6.91. The average Bonchev–Trinajstić information content (AvgIpc) is 3.43. The molecule has 1 N–H and O–H groups in total. The summed E-state index contributed by atoms with van der Waals surface area (Å²) in [5, 5.41) is 9.15. The first kappa shape index (κ1) is 22.4. The van der Waals surface area contributed by atoms with E-state index in [0.29, 0.717) is 12.6 Å². The normalized spacial score (nSPS) is 13.4. The molecule has 2 aromatic heterocycles. The van der Waals surface area contributed by atoms with Crippen molar-refractivity contribution in [2.75, 3.05) is 6.61 Å². The quantitative estimate of drug-likeness (QED) is 0.431. The number of rotatable bonds is 7. The number of benzene rings is 2. The van der Waals surface area contributed by atoms with Crippen LogP contribution in [0.5, 0.6) is 0 Å². The van der Waals surface area contributed by atoms with Crippen LogP contribution in [0.25, 0.3) is 22.1 Å². The van der Waals surface area contributed by atoms with Gasteiger partial charge in [-0.3, -0.25) is 9.13 Å². The van der Waals surface area contributed by atoms with Crippen LogP contribution in [0, 0.1) is 0 Å². The van der Waals surface area contributed by atoms with Gasteiger partial charge in [0.15, 0.2) is 0 Å². The number of para-hydroxylation sites is 4. The Morgan fingerprint density at radius 1 is 0.900 bits per heavy atom. The van der Waals surface area contributed by atoms with E-state index in [2.05, 4.69) is 10.6 Å². The number of fused-ring (bicyclic) bond motifs is 2. The molecule has 8 heteroatoms. The van der Waals surface area contributed by atoms with Crippen LogP contribution in [0.3, 0.4) is 0 Å². The van der Waals surface area contributed by atoms with Gasteiger partial charge in [0.1, 0.15) is 5.82 Å². The molecule has 4 aromatic rings. The summed E-state index contributed by atoms with van der Waals surface area (Å²) >= 11 is 0. The highest BCUT2D eigenvalue weighted by molar-refractivity contribution is 5.85. The number of aliphatic hydroxyl groups excluding tert-OH is 1. The molecule has 2 aromatic carbocycles. The molecule has 0 spiro atoms. The molecule has 1 fully saturated rings. The van der Waals surface area contributed by atoms with Gasteiger partial charge in [-0.05, 0) is 49.9 Å². The maximum atomic E-state index is 13.2. The van der Waals surface area contributed by atoms with E-state index < -0.39 is 0 Å². The minimum Gasteiger partial charge on any atom is -0.396 e. The number of aliphatic hydroxyl groups is 1. The first-order valence-corrected chi connectivity index (χ1v) is 10.0. The van der Waals surface area contributed by atoms with Crippen molar-refractivity contribution in [3.63, 3.8) is 0 Å². The van der Waals surface area contributed by atoms with Gasteiger partial charge in [-0.1, -0.05) is 24.3 Å². The standard InChI is InChI=1S/C22H24N4O2.2ClH/c27-14-6-5-13-24-18-8-2-1-7-17(18)23-21(24)15-25-19-9-3-4-10-20(19)26(22(25)28)16-11-12-16;;/h1-4,7-10,16,27H,5-6,11-15H2;2*1H. The van der Waals surface area contributed by atoms with Crippen LogP contribution >= 0.6 is 24.8 Å². The lowest BCUT2D eigenvalue weighted by molar-refractivity contribution is 0.281. The van der Waals surface area contributed by atoms with Crippen molar-refractivity contribution in [3.8, 4) is 0 Å². The number of aromatic nitrogens is 4. The monoisotopic (exact) mass is 448 g/mol. The molecule has 0 radical (unpaired) electrons. The van der Waals surface area contributed by atoms with Gasteiger partial charge in [0.25, 0.3) is 0 Å². The van der Waals surface area contributed by atoms with Crippen molar-refractivity contribution in [2.24, 2.45) is 0 Å². The molecule has 160 valence electrons. The van der Waals surface area contributed by atoms with Crippen molar-refractivity contribution in [1.82, 2.24) is 18.7 Å². The van der Waals surface area contributed by atoms with Gasteiger partial charge in [0, 0.05) is 19.2 Å². The SMILES string of the molecule is Cl.Cl.O=c1n(Cc2nc3ccccc3n2CCCCO)c2ccccc2n1C1CC1. The molecule has 0 bridgehead atoms. The molecule has 0 amide bonds. The summed E-state index contributed by atoms with van der Waals surface area (Å²) in [7, 11) is 0. The number of halogens is 2. The van der Waals surface area contributed by atoms with Gasteiger partial charge >= 0.3 is 5.69 Å². The third kappa shape index (κ3) is 3.87. The summed E-state index contributed by atoms with van der Waals surface area (Å²) in [6, 6.07) is 16.5. The molecule has 0 unspecified atom stereocenters. The summed E-state index contributed by atoms with van der Waals surface area (Å²) < 4.78 is 6.01. The van der Waals surface area contributed by atoms with Crippen molar-refractivity contribution >= 4 is 46.9 Å². The summed E-state index contributed by atoms with van der Waals surface area (Å²) in [5.74, 6) is 0.889. The van der Waals surface area contributed by atoms with Crippen molar-refractivity contribution < 1.29 is 5.11 Å². The van der Waals surface area contributed by atoms with Crippen LogP contribution in [0.2, 0.25) is 0 Å². The third-order valence-corrected chi connectivity index (χ3v) is 5.60. The molecule has 6 nitrogen and oxygen atoms in total. The van der Waals surface area contributed by atoms with Crippen molar-refractivity contribution in [1.29, 1.82) is 0 Å². The van der Waals surface area contributed by atoms with E-state index in [0.717, 1.165) is 60.1 Å². The Morgan fingerprint density at radius 3 is 2.27 bits per heavy atom. The molecule has 0 atom stereocenters. The van der Waals surface area contributed by atoms with Gasteiger partial charge in [-0.15, -0.1) is 24.8 Å². The smallest absolute Gasteiger partial charge is 0.329 e. The number of hydrogen-bond donors (Lipinski definition) is 1. The predicted molar refractivity (Wildman–Crippen MR) is 124 cm³/mol. The molecule has 1 aliphatic rings. The minimum atomic E-state index is 0. The zero-order valence-corrected chi connectivity index (χ0v) is 18.2. The van der Waals surface area contributed by atoms with E-state index >= 15 is 0 Å². The van der Waals surface area contributed by atoms with Crippen molar-refractivity contribution in [2.45, 2.75) is 44.8 Å². The predicted octanol–water partition coefficient (Wildman–Crippen LogP) is 4.15. The highest BCUT2D eigenvalue weighted by Crippen LogP contribution is 2.36. The average molecular weight is 449 g/mol. The van der Waals surface area contributed by atoms with Crippen LogP contribution in [-0.2, 0) is 13.1 Å². The Labute approximate surface area is 187 Å². The number of hydrogen-bond acceptors (Lipinski definition) is 3. The minimum absolute atomic E-state index is 0. The summed E-state index contributed by atoms with van der Waals surface area (Å²) in [6.45, 7) is 1.43. The molecule has 1 aliphatic carbocycles. The summed E-state index contributed by atoms with van der Waals surface area (Å²) in [4.78, 5) is 18.1. The van der Waals surface area contributed by atoms with Crippen LogP contribution in [0.4, 0.5) is 0 Å². The van der Waals surface area contributed by atoms with Gasteiger partial charge in [-0.25, -0.2) is 9.78 Å². The second-order valence-electron chi connectivity index (χ2n) is 7.56. The molecule has 0 aliphatic heterocycles. The second-order valence-corrected chi connectivity index (χ2v) is 7.56. The van der Waals surface area contributed by atoms with E-state index in [1.165, 1.54) is 0 Å². The van der Waals surface area contributed by atoms with E-state index in [9.17, 15) is 4.79 Å². The largest absolute Gasteiger partial charge is 0.396 e. The molecular weight excluding hydrogens is 423 g/mol. The van der Waals surface area contributed by atoms with Crippen LogP contribution in [0.15, 0.2) is 53.3 Å². The van der Waals surface area contributed by atoms with Gasteiger partial charge in [-0.2, -0.15) is 0 Å². The second kappa shape index (κ2) is 9.25. The maximum absolute atomic E-state index is 13.2. The Hall–Kier alpha value is -2.28. The summed E-state index contributed by atoms with van der Waals surface area (Å²) in [5.41, 5.74) is 4.05. The fourth-order valence-electron chi connectivity index (χ4n) is 4.09. The third-order valence-electron chi connectivity index (χ3n) is 5.60. The molecule has 1 saturated carbocycles. The molecular formula is C22H26Cl2N4O2. The fourth-order valence-corrected chi connectivity index (χ4v) is 4.09. The lowest BCUT2D eigenvalue weighted by Gasteiger charge is -2.09. The van der Waals surface area contributed by atoms with E-state index in [-0.39, 0.29) is 37.1 Å². The molecule has 2 heterocycles. The van der Waals surface area contributed by atoms with Gasteiger partial charge < -0.3 is 9.67 Å². The van der Waals surface area contributed by atoms with E-state index in [1.807, 2.05) is 51.6 Å². The topological polar surface area (TPSA) is 65.0 Å². The first-order chi connectivity index (χ1) is 13.8. The zero-order chi connectivity index (χ0) is 19.1. The highest BCUT2D eigenvalue weighted by atomic mass is 35.5. The Morgan fingerprint density at radius 2 is 1.57 bits per heavy atom. The number of imidazole rings is 2. The number of unbranched alkanes of at least 4 members (excludes halogenated alkanes) is 1. The zero-order valence-electron chi connectivity index (χ0n) is 16.6.